The van der Waals surface area contributed by atoms with E-state index in [2.05, 4.69) is 60.1 Å². The second-order valence-corrected chi connectivity index (χ2v) is 9.34. The Morgan fingerprint density at radius 2 is 2.10 bits per heavy atom. The Kier molecular flexibility index (Phi) is 6.81. The monoisotopic (exact) mass is 434 g/mol. The molecule has 0 spiro atoms. The van der Waals surface area contributed by atoms with Crippen LogP contribution in [0.4, 0.5) is 5.69 Å². The Morgan fingerprint density at radius 3 is 2.87 bits per heavy atom. The van der Waals surface area contributed by atoms with Crippen LogP contribution in [0.3, 0.4) is 0 Å². The lowest BCUT2D eigenvalue weighted by Crippen LogP contribution is -2.30. The average molecular weight is 435 g/mol. The molecule has 1 fully saturated rings. The molecule has 5 heteroatoms. The van der Waals surface area contributed by atoms with Crippen LogP contribution in [0.25, 0.3) is 6.08 Å². The molecule has 4 rings (SSSR count). The largest absolute Gasteiger partial charge is 0.481 e. The summed E-state index contributed by atoms with van der Waals surface area (Å²) in [6, 6.07) is 15.7. The standard InChI is InChI=1S/C26H30N2O2S/c1-3-28-22-9-6-8-20(22)21-17-19(11-13-23(21)28)12-14-25(27-16-15-26(29)30)31-24-10-5-4-7-18(24)2/h4-5,7,10-14,17,20,22H,3,6,8-9,15-16H2,1-2H3,(H,29,30)/b14-12+,27-25+. The topological polar surface area (TPSA) is 52.9 Å². The number of carboxylic acids is 1. The fraction of sp³-hybridized carbons (Fsp3) is 0.385. The van der Waals surface area contributed by atoms with Crippen molar-refractivity contribution in [2.45, 2.75) is 56.4 Å². The molecule has 1 aliphatic carbocycles. The van der Waals surface area contributed by atoms with Crippen LogP contribution in [0.2, 0.25) is 0 Å². The number of hydrogen-bond acceptors (Lipinski definition) is 4. The Labute approximate surface area is 189 Å². The molecule has 0 amide bonds. The summed E-state index contributed by atoms with van der Waals surface area (Å²) in [6.07, 6.45) is 8.08. The molecule has 2 atom stereocenters. The first-order valence-electron chi connectivity index (χ1n) is 11.1. The zero-order chi connectivity index (χ0) is 21.8. The first kappa shape index (κ1) is 21.7. The van der Waals surface area contributed by atoms with E-state index in [9.17, 15) is 4.79 Å². The predicted octanol–water partition coefficient (Wildman–Crippen LogP) is 6.15. The van der Waals surface area contributed by atoms with Gasteiger partial charge in [-0.2, -0.15) is 0 Å². The van der Waals surface area contributed by atoms with Gasteiger partial charge in [0.25, 0.3) is 0 Å². The van der Waals surface area contributed by atoms with E-state index in [4.69, 9.17) is 5.11 Å². The lowest BCUT2D eigenvalue weighted by molar-refractivity contribution is -0.136. The lowest BCUT2D eigenvalue weighted by Gasteiger charge is -2.25. The summed E-state index contributed by atoms with van der Waals surface area (Å²) in [6.45, 7) is 5.68. The van der Waals surface area contributed by atoms with E-state index in [1.165, 1.54) is 41.6 Å². The highest BCUT2D eigenvalue weighted by molar-refractivity contribution is 8.14. The van der Waals surface area contributed by atoms with Crippen LogP contribution in [0, 0.1) is 6.92 Å². The Balaban J connectivity index is 1.57. The van der Waals surface area contributed by atoms with Crippen LogP contribution >= 0.6 is 11.8 Å². The first-order chi connectivity index (χ1) is 15.1. The van der Waals surface area contributed by atoms with Gasteiger partial charge in [-0.1, -0.05) is 48.5 Å². The number of rotatable bonds is 7. The minimum Gasteiger partial charge on any atom is -0.481 e. The minimum absolute atomic E-state index is 0.0421. The third kappa shape index (κ3) is 4.87. The van der Waals surface area contributed by atoms with Crippen LogP contribution in [0.1, 0.15) is 55.2 Å². The van der Waals surface area contributed by atoms with Crippen molar-refractivity contribution in [3.05, 3.63) is 65.2 Å². The van der Waals surface area contributed by atoms with Gasteiger partial charge in [0.1, 0.15) is 0 Å². The van der Waals surface area contributed by atoms with Crippen LogP contribution in [0.5, 0.6) is 0 Å². The van der Waals surface area contributed by atoms with Gasteiger partial charge in [0.15, 0.2) is 0 Å². The second-order valence-electron chi connectivity index (χ2n) is 8.27. The quantitative estimate of drug-likeness (QED) is 0.323. The zero-order valence-corrected chi connectivity index (χ0v) is 19.1. The molecule has 2 aromatic carbocycles. The van der Waals surface area contributed by atoms with Crippen molar-refractivity contribution in [1.29, 1.82) is 0 Å². The molecule has 2 aliphatic rings. The number of carbonyl (C=O) groups is 1. The molecule has 1 saturated carbocycles. The van der Waals surface area contributed by atoms with E-state index in [0.29, 0.717) is 12.0 Å². The van der Waals surface area contributed by atoms with Crippen molar-refractivity contribution in [2.75, 3.05) is 18.0 Å². The van der Waals surface area contributed by atoms with Crippen LogP contribution in [-0.4, -0.2) is 35.3 Å². The summed E-state index contributed by atoms with van der Waals surface area (Å²) in [5.41, 5.74) is 5.26. The first-order valence-corrected chi connectivity index (χ1v) is 12.0. The van der Waals surface area contributed by atoms with Gasteiger partial charge < -0.3 is 10.0 Å². The zero-order valence-electron chi connectivity index (χ0n) is 18.3. The highest BCUT2D eigenvalue weighted by Gasteiger charge is 2.40. The number of benzene rings is 2. The molecule has 1 aliphatic heterocycles. The van der Waals surface area contributed by atoms with E-state index < -0.39 is 5.97 Å². The second kappa shape index (κ2) is 9.73. The van der Waals surface area contributed by atoms with Gasteiger partial charge in [0, 0.05) is 29.1 Å². The highest BCUT2D eigenvalue weighted by atomic mass is 32.2. The van der Waals surface area contributed by atoms with E-state index >= 15 is 0 Å². The number of thioether (sulfide) groups is 1. The Hall–Kier alpha value is -2.53. The molecular formula is C26H30N2O2S. The summed E-state index contributed by atoms with van der Waals surface area (Å²) in [4.78, 5) is 19.2. The van der Waals surface area contributed by atoms with Gasteiger partial charge in [0.2, 0.25) is 0 Å². The van der Waals surface area contributed by atoms with Gasteiger partial charge in [0.05, 0.1) is 18.0 Å². The highest BCUT2D eigenvalue weighted by Crippen LogP contribution is 2.49. The number of aliphatic carboxylic acids is 1. The fourth-order valence-electron chi connectivity index (χ4n) is 4.83. The maximum atomic E-state index is 10.9. The number of aryl methyl sites for hydroxylation is 1. The van der Waals surface area contributed by atoms with Crippen LogP contribution < -0.4 is 4.90 Å². The predicted molar refractivity (Wildman–Crippen MR) is 130 cm³/mol. The summed E-state index contributed by atoms with van der Waals surface area (Å²) < 4.78 is 0. The molecule has 162 valence electrons. The van der Waals surface area contributed by atoms with Gasteiger partial charge in [-0.25, -0.2) is 0 Å². The SMILES string of the molecule is CCN1c2ccc(/C=C/C(=N\CCC(=O)O)Sc3ccccc3C)cc2C2CCCC21. The van der Waals surface area contributed by atoms with E-state index in [1.807, 2.05) is 18.2 Å². The van der Waals surface area contributed by atoms with Crippen molar-refractivity contribution in [2.24, 2.45) is 4.99 Å². The van der Waals surface area contributed by atoms with Crippen molar-refractivity contribution in [3.8, 4) is 0 Å². The summed E-state index contributed by atoms with van der Waals surface area (Å²) in [5, 5.41) is 9.81. The maximum Gasteiger partial charge on any atom is 0.305 e. The molecule has 0 radical (unpaired) electrons. The Morgan fingerprint density at radius 1 is 1.26 bits per heavy atom. The van der Waals surface area contributed by atoms with E-state index in [-0.39, 0.29) is 13.0 Å². The molecule has 4 nitrogen and oxygen atoms in total. The fourth-order valence-corrected chi connectivity index (χ4v) is 5.72. The molecule has 0 aromatic heterocycles. The molecule has 31 heavy (non-hydrogen) atoms. The Bertz CT molecular complexity index is 1010. The molecule has 2 aromatic rings. The van der Waals surface area contributed by atoms with Gasteiger partial charge in [-0.15, -0.1) is 0 Å². The molecule has 1 heterocycles. The van der Waals surface area contributed by atoms with Gasteiger partial charge in [-0.3, -0.25) is 9.79 Å². The summed E-state index contributed by atoms with van der Waals surface area (Å²) >= 11 is 1.59. The van der Waals surface area contributed by atoms with Crippen molar-refractivity contribution >= 4 is 34.5 Å². The van der Waals surface area contributed by atoms with Crippen LogP contribution in [0.15, 0.2) is 58.4 Å². The normalized spacial score (nSPS) is 20.3. The smallest absolute Gasteiger partial charge is 0.305 e. The van der Waals surface area contributed by atoms with E-state index in [0.717, 1.165) is 16.5 Å². The van der Waals surface area contributed by atoms with Gasteiger partial charge in [-0.05, 0) is 67.7 Å². The summed E-state index contributed by atoms with van der Waals surface area (Å²) in [7, 11) is 0. The number of hydrogen-bond donors (Lipinski definition) is 1. The lowest BCUT2D eigenvalue weighted by atomic mass is 9.96. The number of likely N-dealkylation sites (N-methyl/N-ethyl adjacent to an activating group) is 1. The molecular weight excluding hydrogens is 404 g/mol. The number of anilines is 1. The average Bonchev–Trinajstić information content (AvgIpc) is 3.33. The van der Waals surface area contributed by atoms with Crippen molar-refractivity contribution < 1.29 is 9.90 Å². The van der Waals surface area contributed by atoms with Crippen molar-refractivity contribution in [3.63, 3.8) is 0 Å². The number of carboxylic acid groups (broad SMARTS) is 1. The third-order valence-corrected chi connectivity index (χ3v) is 7.45. The van der Waals surface area contributed by atoms with Crippen molar-refractivity contribution in [1.82, 2.24) is 0 Å². The molecule has 2 unspecified atom stereocenters. The number of aliphatic imine (C=N–C) groups is 1. The van der Waals surface area contributed by atoms with Crippen LogP contribution in [-0.2, 0) is 4.79 Å². The minimum atomic E-state index is -0.821. The van der Waals surface area contributed by atoms with E-state index in [1.54, 1.807) is 11.8 Å². The molecule has 0 bridgehead atoms. The van der Waals surface area contributed by atoms with Gasteiger partial charge >= 0.3 is 5.97 Å². The maximum absolute atomic E-state index is 10.9. The molecule has 0 saturated heterocycles. The third-order valence-electron chi connectivity index (χ3n) is 6.30. The number of fused-ring (bicyclic) bond motifs is 3. The molecule has 1 N–H and O–H groups in total. The summed E-state index contributed by atoms with van der Waals surface area (Å²) in [5.74, 6) is -0.161. The number of nitrogens with zero attached hydrogens (tertiary/aromatic N) is 2.